The molecular weight excluding hydrogens is 1050 g/mol. The molecule has 84 heavy (non-hydrogen) atoms. The average Bonchev–Trinajstić information content (AvgIpc) is 1.27. The van der Waals surface area contributed by atoms with Crippen LogP contribution in [0.25, 0.3) is 55.0 Å². The van der Waals surface area contributed by atoms with Crippen molar-refractivity contribution in [1.82, 2.24) is 9.13 Å². The highest BCUT2D eigenvalue weighted by Crippen LogP contribution is 2.50. The van der Waals surface area contributed by atoms with Crippen LogP contribution in [0.5, 0.6) is 11.5 Å². The van der Waals surface area contributed by atoms with E-state index in [2.05, 4.69) is 147 Å². The normalized spacial score (nSPS) is 13.5. The molecule has 0 aliphatic carbocycles. The van der Waals surface area contributed by atoms with E-state index >= 15 is 13.2 Å². The average molecular weight is 1090 g/mol. The Morgan fingerprint density at radius 1 is 0.274 bits per heavy atom. The molecule has 0 radical (unpaired) electrons. The van der Waals surface area contributed by atoms with E-state index < -0.39 is 36.7 Å². The summed E-state index contributed by atoms with van der Waals surface area (Å²) in [6.45, 7) is -0.847. The van der Waals surface area contributed by atoms with Crippen LogP contribution in [-0.4, -0.2) is 22.6 Å². The van der Waals surface area contributed by atoms with Crippen molar-refractivity contribution in [2.45, 2.75) is 0 Å². The molecule has 0 bridgehead atoms. The molecule has 12 aromatic carbocycles. The predicted octanol–water partition coefficient (Wildman–Crippen LogP) is 14.9. The number of rotatable bonds is 5. The van der Waals surface area contributed by atoms with Crippen molar-refractivity contribution in [2.75, 3.05) is 14.7 Å². The van der Waals surface area contributed by atoms with Gasteiger partial charge in [0.25, 0.3) is 13.4 Å². The van der Waals surface area contributed by atoms with Gasteiger partial charge in [-0.15, -0.1) is 0 Å². The first-order chi connectivity index (χ1) is 41.3. The third-order valence-electron chi connectivity index (χ3n) is 17.7. The SMILES string of the molecule is Fc1ccc(N2c3ccccc3B3c4cc5c(cc4Oc4cc(-n6c7ccccc7c7ccccc76)cc2c43)N(c2ccccc2)c2cc(-n3c4ccccc4c4ccccc43)cc3c2B5c2ccccc2N3c2ccc(F)cc2F)c(F)c1. The van der Waals surface area contributed by atoms with Crippen molar-refractivity contribution in [3.8, 4) is 22.9 Å². The number of ether oxygens (including phenoxy) is 1. The number of hydrogen-bond donors (Lipinski definition) is 0. The van der Waals surface area contributed by atoms with Crippen molar-refractivity contribution in [3.63, 3.8) is 0 Å². The number of hydrogen-bond acceptors (Lipinski definition) is 4. The number of anilines is 9. The van der Waals surface area contributed by atoms with Crippen molar-refractivity contribution in [1.29, 1.82) is 0 Å². The number of para-hydroxylation sites is 7. The summed E-state index contributed by atoms with van der Waals surface area (Å²) in [5.41, 5.74) is 17.2. The molecule has 6 nitrogen and oxygen atoms in total. The molecule has 0 saturated heterocycles. The van der Waals surface area contributed by atoms with Gasteiger partial charge >= 0.3 is 0 Å². The summed E-state index contributed by atoms with van der Waals surface area (Å²) in [7, 11) is 0. The Labute approximate surface area is 479 Å². The van der Waals surface area contributed by atoms with E-state index in [1.807, 2.05) is 88.7 Å². The molecule has 4 aliphatic heterocycles. The van der Waals surface area contributed by atoms with Crippen LogP contribution in [-0.2, 0) is 0 Å². The minimum absolute atomic E-state index is 0.198. The smallest absolute Gasteiger partial charge is 0.256 e. The van der Waals surface area contributed by atoms with Crippen LogP contribution >= 0.6 is 0 Å². The highest BCUT2D eigenvalue weighted by Gasteiger charge is 2.48. The molecule has 14 aromatic rings. The summed E-state index contributed by atoms with van der Waals surface area (Å²) in [5.74, 6) is -1.48. The zero-order valence-corrected chi connectivity index (χ0v) is 44.5. The van der Waals surface area contributed by atoms with E-state index in [0.29, 0.717) is 17.2 Å². The largest absolute Gasteiger partial charge is 0.458 e. The summed E-state index contributed by atoms with van der Waals surface area (Å²) in [6, 6.07) is 80.7. The molecule has 0 amide bonds. The van der Waals surface area contributed by atoms with Crippen LogP contribution in [0.4, 0.5) is 68.7 Å². The summed E-state index contributed by atoms with van der Waals surface area (Å²) in [5, 5.41) is 4.36. The number of halogens is 4. The number of nitrogens with zero attached hydrogens (tertiary/aromatic N) is 5. The van der Waals surface area contributed by atoms with Crippen molar-refractivity contribution < 1.29 is 22.3 Å². The first-order valence-corrected chi connectivity index (χ1v) is 28.1. The summed E-state index contributed by atoms with van der Waals surface area (Å²) >= 11 is 0. The van der Waals surface area contributed by atoms with Gasteiger partial charge in [-0.05, 0) is 124 Å². The second kappa shape index (κ2) is 17.4. The van der Waals surface area contributed by atoms with Gasteiger partial charge in [-0.1, -0.05) is 133 Å². The molecule has 4 aliphatic rings. The van der Waals surface area contributed by atoms with Gasteiger partial charge in [0.2, 0.25) is 0 Å². The Morgan fingerprint density at radius 2 is 0.702 bits per heavy atom. The predicted molar refractivity (Wildman–Crippen MR) is 335 cm³/mol. The zero-order chi connectivity index (χ0) is 55.6. The van der Waals surface area contributed by atoms with Gasteiger partial charge in [-0.3, -0.25) is 0 Å². The van der Waals surface area contributed by atoms with E-state index in [1.54, 1.807) is 0 Å². The van der Waals surface area contributed by atoms with Crippen molar-refractivity contribution in [2.24, 2.45) is 0 Å². The third-order valence-corrected chi connectivity index (χ3v) is 17.7. The minimum Gasteiger partial charge on any atom is -0.458 e. The molecular formula is C72H41B2F4N5O. The quantitative estimate of drug-likeness (QED) is 0.127. The molecule has 0 saturated carbocycles. The maximum Gasteiger partial charge on any atom is 0.256 e. The molecule has 0 unspecified atom stereocenters. The number of aromatic nitrogens is 2. The number of benzene rings is 12. The molecule has 0 atom stereocenters. The lowest BCUT2D eigenvalue weighted by Gasteiger charge is -2.45. The van der Waals surface area contributed by atoms with E-state index in [1.165, 1.54) is 24.3 Å². The van der Waals surface area contributed by atoms with Gasteiger partial charge in [0.1, 0.15) is 34.8 Å². The summed E-state index contributed by atoms with van der Waals surface area (Å²) in [6.07, 6.45) is 0. The summed E-state index contributed by atoms with van der Waals surface area (Å²) < 4.78 is 75.7. The Balaban J connectivity index is 0.940. The van der Waals surface area contributed by atoms with Gasteiger partial charge in [-0.2, -0.15) is 0 Å². The van der Waals surface area contributed by atoms with E-state index in [4.69, 9.17) is 4.74 Å². The Hall–Kier alpha value is -10.7. The van der Waals surface area contributed by atoms with Crippen LogP contribution in [0.2, 0.25) is 0 Å². The maximum absolute atomic E-state index is 16.9. The second-order valence-electron chi connectivity index (χ2n) is 22.1. The van der Waals surface area contributed by atoms with Gasteiger partial charge in [0.05, 0.1) is 44.8 Å². The van der Waals surface area contributed by atoms with Crippen LogP contribution in [0.3, 0.4) is 0 Å². The topological polar surface area (TPSA) is 28.8 Å². The van der Waals surface area contributed by atoms with Gasteiger partial charge < -0.3 is 28.6 Å². The maximum atomic E-state index is 16.9. The fourth-order valence-corrected chi connectivity index (χ4v) is 14.5. The lowest BCUT2D eigenvalue weighted by atomic mass is 9.30. The monoisotopic (exact) mass is 1090 g/mol. The second-order valence-corrected chi connectivity index (χ2v) is 22.1. The Kier molecular flexibility index (Phi) is 9.73. The van der Waals surface area contributed by atoms with Crippen LogP contribution < -0.4 is 52.2 Å². The van der Waals surface area contributed by atoms with Crippen LogP contribution in [0.15, 0.2) is 249 Å². The van der Waals surface area contributed by atoms with E-state index in [9.17, 15) is 4.39 Å². The molecule has 0 N–H and O–H groups in total. The molecule has 0 fully saturated rings. The Morgan fingerprint density at radius 3 is 1.21 bits per heavy atom. The molecule has 2 aromatic heterocycles. The zero-order valence-electron chi connectivity index (χ0n) is 44.5. The molecule has 18 rings (SSSR count). The van der Waals surface area contributed by atoms with Crippen molar-refractivity contribution in [3.05, 3.63) is 272 Å². The Bertz CT molecular complexity index is 5090. The fraction of sp³-hybridized carbons (Fsp3) is 0. The minimum atomic E-state index is -0.701. The highest BCUT2D eigenvalue weighted by atomic mass is 19.1. The summed E-state index contributed by atoms with van der Waals surface area (Å²) in [4.78, 5) is 6.19. The van der Waals surface area contributed by atoms with E-state index in [0.717, 1.165) is 134 Å². The van der Waals surface area contributed by atoms with Crippen LogP contribution in [0, 0.1) is 23.3 Å². The lowest BCUT2D eigenvalue weighted by molar-refractivity contribution is 0.487. The molecule has 12 heteroatoms. The van der Waals surface area contributed by atoms with Gasteiger partial charge in [-0.25, -0.2) is 17.6 Å². The first-order valence-electron chi connectivity index (χ1n) is 28.1. The van der Waals surface area contributed by atoms with Crippen LogP contribution in [0.1, 0.15) is 0 Å². The first kappa shape index (κ1) is 47.0. The van der Waals surface area contributed by atoms with Crippen molar-refractivity contribution >= 4 is 141 Å². The van der Waals surface area contributed by atoms with E-state index in [-0.39, 0.29) is 11.4 Å². The third kappa shape index (κ3) is 6.47. The fourth-order valence-electron chi connectivity index (χ4n) is 14.5. The van der Waals surface area contributed by atoms with Gasteiger partial charge in [0.15, 0.2) is 0 Å². The molecule has 0 spiro atoms. The molecule has 394 valence electrons. The van der Waals surface area contributed by atoms with Gasteiger partial charge in [0, 0.05) is 85.6 Å². The standard InChI is InChI=1S/C72H41B2F4N5O/c75-42-30-32-63(55(77)34-42)82-61-28-14-8-22-51(61)73-53-40-54-69(41-65(53)79(44-16-2-1-3-17-44)66-36-45(37-67(82)71(66)73)80-57-24-10-4-18-47(57)48-19-5-11-25-58(48)80)84-70-39-46(81-59-26-12-6-20-49(59)50-21-7-13-27-60(50)81)38-68-72(70)74(54)52-23-9-15-29-62(52)83(68)64-33-31-43(76)35-56(64)78/h1-41H. The number of fused-ring (bicyclic) bond motifs is 14. The highest BCUT2D eigenvalue weighted by molar-refractivity contribution is 7.02. The molecule has 6 heterocycles. The lowest BCUT2D eigenvalue weighted by Crippen LogP contribution is -2.64.